The highest BCUT2D eigenvalue weighted by Crippen LogP contribution is 2.19. The number of halogens is 1. The smallest absolute Gasteiger partial charge is 0.258 e. The van der Waals surface area contributed by atoms with Gasteiger partial charge < -0.3 is 10.1 Å². The van der Waals surface area contributed by atoms with Crippen LogP contribution in [0.5, 0.6) is 5.88 Å². The topological polar surface area (TPSA) is 70.4 Å². The van der Waals surface area contributed by atoms with Crippen molar-refractivity contribution in [1.82, 2.24) is 14.6 Å². The van der Waals surface area contributed by atoms with E-state index in [4.69, 9.17) is 0 Å². The van der Waals surface area contributed by atoms with Gasteiger partial charge in [-0.15, -0.1) is 0 Å². The van der Waals surface area contributed by atoms with Gasteiger partial charge in [0, 0.05) is 12.5 Å². The number of H-pyrrole nitrogens is 1. The summed E-state index contributed by atoms with van der Waals surface area (Å²) in [4.78, 5) is 14.6. The zero-order chi connectivity index (χ0) is 14.3. The molecule has 2 N–H and O–H groups in total. The third kappa shape index (κ3) is 1.95. The molecule has 3 rings (SSSR count). The van der Waals surface area contributed by atoms with Crippen LogP contribution in [0.1, 0.15) is 16.8 Å². The third-order valence-electron chi connectivity index (χ3n) is 3.14. The van der Waals surface area contributed by atoms with Crippen LogP contribution in [0, 0.1) is 12.7 Å². The lowest BCUT2D eigenvalue weighted by Crippen LogP contribution is -2.16. The second-order valence-corrected chi connectivity index (χ2v) is 4.61. The first-order valence-electron chi connectivity index (χ1n) is 6.10. The van der Waals surface area contributed by atoms with Crippen molar-refractivity contribution >= 4 is 5.65 Å². The molecule has 102 valence electrons. The molecule has 6 heteroatoms. The van der Waals surface area contributed by atoms with E-state index in [1.54, 1.807) is 31.2 Å². The molecule has 1 aromatic carbocycles. The molecular formula is C14H12FN3O2. The zero-order valence-electron chi connectivity index (χ0n) is 10.7. The fourth-order valence-corrected chi connectivity index (χ4v) is 2.16. The highest BCUT2D eigenvalue weighted by atomic mass is 19.1. The van der Waals surface area contributed by atoms with Gasteiger partial charge in [-0.1, -0.05) is 18.2 Å². The molecule has 0 aliphatic heterocycles. The van der Waals surface area contributed by atoms with E-state index in [0.29, 0.717) is 16.9 Å². The van der Waals surface area contributed by atoms with E-state index in [1.165, 1.54) is 10.6 Å². The predicted octanol–water partition coefficient (Wildman–Crippen LogP) is 1.77. The molecule has 20 heavy (non-hydrogen) atoms. The summed E-state index contributed by atoms with van der Waals surface area (Å²) in [7, 11) is 0. The summed E-state index contributed by atoms with van der Waals surface area (Å²) in [6.45, 7) is 1.75. The molecule has 0 bridgehead atoms. The maximum Gasteiger partial charge on any atom is 0.258 e. The highest BCUT2D eigenvalue weighted by Gasteiger charge is 2.15. The van der Waals surface area contributed by atoms with Crippen molar-refractivity contribution < 1.29 is 9.50 Å². The molecule has 0 fully saturated rings. The number of nitrogens with one attached hydrogen (secondary N) is 1. The summed E-state index contributed by atoms with van der Waals surface area (Å²) in [5, 5.41) is 14.2. The first kappa shape index (κ1) is 12.4. The van der Waals surface area contributed by atoms with Crippen LogP contribution in [0.4, 0.5) is 4.39 Å². The summed E-state index contributed by atoms with van der Waals surface area (Å²) >= 11 is 0. The Morgan fingerprint density at radius 3 is 2.90 bits per heavy atom. The van der Waals surface area contributed by atoms with E-state index in [1.807, 2.05) is 0 Å². The van der Waals surface area contributed by atoms with Crippen molar-refractivity contribution in [3.8, 4) is 5.88 Å². The summed E-state index contributed by atoms with van der Waals surface area (Å²) in [5.41, 5.74) is 1.06. The average Bonchev–Trinajstić information content (AvgIpc) is 2.77. The first-order valence-corrected chi connectivity index (χ1v) is 6.10. The van der Waals surface area contributed by atoms with Crippen LogP contribution in [0.2, 0.25) is 0 Å². The van der Waals surface area contributed by atoms with Crippen molar-refractivity contribution in [3.05, 3.63) is 63.3 Å². The molecule has 5 nitrogen and oxygen atoms in total. The predicted molar refractivity (Wildman–Crippen MR) is 71.4 cm³/mol. The van der Waals surface area contributed by atoms with Gasteiger partial charge in [-0.25, -0.2) is 4.39 Å². The van der Waals surface area contributed by atoms with Crippen LogP contribution in [0.3, 0.4) is 0 Å². The maximum atomic E-state index is 13.6. The number of hydrogen-bond donors (Lipinski definition) is 2. The minimum absolute atomic E-state index is 0.00267. The standard InChI is InChI=1S/C14H12FN3O2/c1-8-6-12-16-13(19)10(14(20)18(12)17-8)7-9-4-2-3-5-11(9)15/h2-6,20H,7H2,1H3,(H,16,19). The van der Waals surface area contributed by atoms with Gasteiger partial charge in [0.2, 0.25) is 5.88 Å². The normalized spacial score (nSPS) is 11.1. The van der Waals surface area contributed by atoms with Crippen LogP contribution < -0.4 is 5.56 Å². The molecule has 0 saturated heterocycles. The summed E-state index contributed by atoms with van der Waals surface area (Å²) in [6, 6.07) is 7.79. The minimum atomic E-state index is -0.446. The van der Waals surface area contributed by atoms with Crippen LogP contribution in [0.25, 0.3) is 5.65 Å². The lowest BCUT2D eigenvalue weighted by atomic mass is 10.1. The van der Waals surface area contributed by atoms with Crippen molar-refractivity contribution in [2.75, 3.05) is 0 Å². The van der Waals surface area contributed by atoms with Crippen molar-refractivity contribution in [3.63, 3.8) is 0 Å². The number of aromatic amines is 1. The lowest BCUT2D eigenvalue weighted by molar-refractivity contribution is 0.427. The Hall–Kier alpha value is -2.63. The van der Waals surface area contributed by atoms with E-state index in [2.05, 4.69) is 10.1 Å². The van der Waals surface area contributed by atoms with Crippen molar-refractivity contribution in [2.24, 2.45) is 0 Å². The number of rotatable bonds is 2. The van der Waals surface area contributed by atoms with Gasteiger partial charge >= 0.3 is 0 Å². The third-order valence-corrected chi connectivity index (χ3v) is 3.14. The van der Waals surface area contributed by atoms with Crippen LogP contribution in [-0.2, 0) is 6.42 Å². The maximum absolute atomic E-state index is 13.6. The summed E-state index contributed by atoms with van der Waals surface area (Å²) in [5.74, 6) is -0.678. The van der Waals surface area contributed by atoms with Gasteiger partial charge in [-0.3, -0.25) is 4.79 Å². The summed E-state index contributed by atoms with van der Waals surface area (Å²) < 4.78 is 14.9. The Kier molecular flexibility index (Phi) is 2.78. The van der Waals surface area contributed by atoms with E-state index in [0.717, 1.165) is 0 Å². The van der Waals surface area contributed by atoms with Gasteiger partial charge in [0.15, 0.2) is 0 Å². The Morgan fingerprint density at radius 1 is 1.40 bits per heavy atom. The first-order chi connectivity index (χ1) is 9.56. The van der Waals surface area contributed by atoms with E-state index in [-0.39, 0.29) is 17.9 Å². The van der Waals surface area contributed by atoms with Gasteiger partial charge in [0.05, 0.1) is 11.3 Å². The molecule has 3 aromatic rings. The monoisotopic (exact) mass is 273 g/mol. The Bertz CT molecular complexity index is 851. The summed E-state index contributed by atoms with van der Waals surface area (Å²) in [6.07, 6.45) is 0.00267. The van der Waals surface area contributed by atoms with Gasteiger partial charge in [0.25, 0.3) is 5.56 Å². The molecule has 0 saturated carbocycles. The average molecular weight is 273 g/mol. The zero-order valence-corrected chi connectivity index (χ0v) is 10.7. The van der Waals surface area contributed by atoms with E-state index in [9.17, 15) is 14.3 Å². The number of aromatic nitrogens is 3. The number of aromatic hydroxyl groups is 1. The minimum Gasteiger partial charge on any atom is -0.493 e. The SMILES string of the molecule is Cc1cc2[nH]c(=O)c(Cc3ccccc3F)c(O)n2n1. The van der Waals surface area contributed by atoms with E-state index >= 15 is 0 Å². The number of benzene rings is 1. The second kappa shape index (κ2) is 4.48. The second-order valence-electron chi connectivity index (χ2n) is 4.61. The van der Waals surface area contributed by atoms with Crippen LogP contribution in [0.15, 0.2) is 35.1 Å². The van der Waals surface area contributed by atoms with Gasteiger partial charge in [0.1, 0.15) is 11.5 Å². The molecular weight excluding hydrogens is 261 g/mol. The molecule has 0 radical (unpaired) electrons. The Labute approximate surface area is 113 Å². The van der Waals surface area contributed by atoms with Crippen molar-refractivity contribution in [2.45, 2.75) is 13.3 Å². The highest BCUT2D eigenvalue weighted by molar-refractivity contribution is 5.45. The fraction of sp³-hybridized carbons (Fsp3) is 0.143. The molecule has 2 aromatic heterocycles. The quantitative estimate of drug-likeness (QED) is 0.747. The number of aryl methyl sites for hydroxylation is 1. The Morgan fingerprint density at radius 2 is 2.15 bits per heavy atom. The number of hydrogen-bond acceptors (Lipinski definition) is 3. The van der Waals surface area contributed by atoms with Crippen LogP contribution in [-0.4, -0.2) is 19.7 Å². The van der Waals surface area contributed by atoms with Crippen molar-refractivity contribution in [1.29, 1.82) is 0 Å². The molecule has 0 aliphatic carbocycles. The van der Waals surface area contributed by atoms with Crippen LogP contribution >= 0.6 is 0 Å². The lowest BCUT2D eigenvalue weighted by Gasteiger charge is -2.06. The molecule has 0 amide bonds. The fourth-order valence-electron chi connectivity index (χ4n) is 2.16. The number of nitrogens with zero attached hydrogens (tertiary/aromatic N) is 2. The van der Waals surface area contributed by atoms with Gasteiger partial charge in [-0.05, 0) is 18.6 Å². The van der Waals surface area contributed by atoms with E-state index < -0.39 is 11.4 Å². The molecule has 0 spiro atoms. The molecule has 2 heterocycles. The number of fused-ring (bicyclic) bond motifs is 1. The molecule has 0 atom stereocenters. The molecule has 0 aliphatic rings. The largest absolute Gasteiger partial charge is 0.493 e. The molecule has 0 unspecified atom stereocenters. The van der Waals surface area contributed by atoms with Gasteiger partial charge in [-0.2, -0.15) is 9.61 Å². The Balaban J connectivity index is 2.17.